The van der Waals surface area contributed by atoms with Crippen LogP contribution in [0.1, 0.15) is 12.0 Å². The maximum Gasteiger partial charge on any atom is 0.0368 e. The molecule has 0 aromatic heterocycles. The highest BCUT2D eigenvalue weighted by Gasteiger charge is 2.07. The zero-order valence-electron chi connectivity index (χ0n) is 7.58. The topological polar surface area (TPSA) is 0 Å². The van der Waals surface area contributed by atoms with E-state index in [-0.39, 0.29) is 0 Å². The third-order valence-corrected chi connectivity index (χ3v) is 3.31. The van der Waals surface area contributed by atoms with Gasteiger partial charge < -0.3 is 0 Å². The van der Waals surface area contributed by atoms with E-state index in [0.717, 1.165) is 10.9 Å². The molecule has 1 aliphatic carbocycles. The van der Waals surface area contributed by atoms with Gasteiger partial charge in [-0.3, -0.25) is 0 Å². The van der Waals surface area contributed by atoms with E-state index in [4.69, 9.17) is 0 Å². The van der Waals surface area contributed by atoms with Gasteiger partial charge in [-0.15, -0.1) is 0 Å². The molecule has 72 valence electrons. The van der Waals surface area contributed by atoms with Crippen molar-refractivity contribution in [3.8, 4) is 0 Å². The Morgan fingerprint density at radius 1 is 1.29 bits per heavy atom. The van der Waals surface area contributed by atoms with E-state index in [1.807, 2.05) is 6.07 Å². The highest BCUT2D eigenvalue weighted by atomic mass is 79.9. The van der Waals surface area contributed by atoms with Crippen molar-refractivity contribution in [1.82, 2.24) is 0 Å². The number of benzene rings is 1. The molecule has 0 amide bonds. The van der Waals surface area contributed by atoms with Gasteiger partial charge in [0, 0.05) is 9.30 Å². The lowest BCUT2D eigenvalue weighted by Gasteiger charge is -2.11. The normalized spacial score (nSPS) is 20.7. The molecule has 0 saturated carbocycles. The molecule has 1 unspecified atom stereocenters. The van der Waals surface area contributed by atoms with Gasteiger partial charge in [-0.25, -0.2) is 0 Å². The van der Waals surface area contributed by atoms with Crippen LogP contribution < -0.4 is 0 Å². The predicted molar refractivity (Wildman–Crippen MR) is 68.6 cm³/mol. The third-order valence-electron chi connectivity index (χ3n) is 2.18. The van der Waals surface area contributed by atoms with Crippen molar-refractivity contribution in [3.05, 3.63) is 52.5 Å². The Balaban J connectivity index is 2.35. The first kappa shape index (κ1) is 10.2. The third kappa shape index (κ3) is 2.37. The molecule has 0 saturated heterocycles. The van der Waals surface area contributed by atoms with Gasteiger partial charge in [-0.1, -0.05) is 62.2 Å². The Kier molecular flexibility index (Phi) is 3.24. The summed E-state index contributed by atoms with van der Waals surface area (Å²) in [5, 5.41) is 0. The summed E-state index contributed by atoms with van der Waals surface area (Å²) in [5.41, 5.74) is 2.55. The van der Waals surface area contributed by atoms with E-state index in [2.05, 4.69) is 68.3 Å². The molecular weight excluding hydrogens is 304 g/mol. The summed E-state index contributed by atoms with van der Waals surface area (Å²) >= 11 is 7.09. The lowest BCUT2D eigenvalue weighted by atomic mass is 10.00. The number of hydrogen-bond donors (Lipinski definition) is 0. The van der Waals surface area contributed by atoms with Gasteiger partial charge in [0.05, 0.1) is 0 Å². The Hall–Kier alpha value is -0.340. The molecule has 0 aliphatic heterocycles. The SMILES string of the molecule is Brc1cccc(C2=CC(Br)CC=C2)c1. The van der Waals surface area contributed by atoms with Crippen LogP contribution in [0.3, 0.4) is 0 Å². The van der Waals surface area contributed by atoms with Crippen molar-refractivity contribution in [1.29, 1.82) is 0 Å². The van der Waals surface area contributed by atoms with E-state index in [1.165, 1.54) is 11.1 Å². The minimum Gasteiger partial charge on any atom is -0.0842 e. The number of halogens is 2. The summed E-state index contributed by atoms with van der Waals surface area (Å²) in [5.74, 6) is 0. The summed E-state index contributed by atoms with van der Waals surface area (Å²) < 4.78 is 1.13. The second-order valence-corrected chi connectivity index (χ2v) is 5.38. The highest BCUT2D eigenvalue weighted by molar-refractivity contribution is 9.10. The molecule has 2 heteroatoms. The van der Waals surface area contributed by atoms with Gasteiger partial charge >= 0.3 is 0 Å². The van der Waals surface area contributed by atoms with Crippen LogP contribution in [0.15, 0.2) is 47.0 Å². The summed E-state index contributed by atoms with van der Waals surface area (Å²) in [6, 6.07) is 8.38. The Morgan fingerprint density at radius 3 is 2.86 bits per heavy atom. The fourth-order valence-corrected chi connectivity index (χ4v) is 2.40. The lowest BCUT2D eigenvalue weighted by Crippen LogP contribution is -1.96. The molecule has 0 spiro atoms. The van der Waals surface area contributed by atoms with E-state index in [9.17, 15) is 0 Å². The molecule has 0 heterocycles. The minimum atomic E-state index is 0.474. The fourth-order valence-electron chi connectivity index (χ4n) is 1.50. The second kappa shape index (κ2) is 4.45. The Bertz CT molecular complexity index is 391. The zero-order chi connectivity index (χ0) is 9.97. The van der Waals surface area contributed by atoms with Gasteiger partial charge in [0.1, 0.15) is 0 Å². The lowest BCUT2D eigenvalue weighted by molar-refractivity contribution is 1.08. The molecule has 0 radical (unpaired) electrons. The van der Waals surface area contributed by atoms with Gasteiger partial charge in [0.25, 0.3) is 0 Å². The number of hydrogen-bond acceptors (Lipinski definition) is 0. The van der Waals surface area contributed by atoms with Gasteiger partial charge in [0.2, 0.25) is 0 Å². The molecule has 0 N–H and O–H groups in total. The van der Waals surface area contributed by atoms with Crippen LogP contribution >= 0.6 is 31.9 Å². The van der Waals surface area contributed by atoms with Crippen molar-refractivity contribution in [2.24, 2.45) is 0 Å². The van der Waals surface area contributed by atoms with Crippen LogP contribution in [0, 0.1) is 0 Å². The van der Waals surface area contributed by atoms with Crippen LogP contribution in [-0.4, -0.2) is 4.83 Å². The molecule has 0 nitrogen and oxygen atoms in total. The highest BCUT2D eigenvalue weighted by Crippen LogP contribution is 2.26. The van der Waals surface area contributed by atoms with E-state index >= 15 is 0 Å². The molecular formula is C12H10Br2. The van der Waals surface area contributed by atoms with E-state index < -0.39 is 0 Å². The average Bonchev–Trinajstić information content (AvgIpc) is 2.18. The van der Waals surface area contributed by atoms with Crippen LogP contribution in [0.2, 0.25) is 0 Å². The van der Waals surface area contributed by atoms with Crippen molar-refractivity contribution >= 4 is 37.4 Å². The van der Waals surface area contributed by atoms with Crippen LogP contribution in [0.4, 0.5) is 0 Å². The molecule has 1 aromatic carbocycles. The quantitative estimate of drug-likeness (QED) is 0.667. The van der Waals surface area contributed by atoms with Crippen molar-refractivity contribution in [3.63, 3.8) is 0 Å². The molecule has 2 rings (SSSR count). The van der Waals surface area contributed by atoms with Gasteiger partial charge in [0.15, 0.2) is 0 Å². The summed E-state index contributed by atoms with van der Waals surface area (Å²) in [7, 11) is 0. The minimum absolute atomic E-state index is 0.474. The Morgan fingerprint density at radius 2 is 2.14 bits per heavy atom. The molecule has 1 atom stereocenters. The standard InChI is InChI=1S/C12H10Br2/c13-11-5-1-3-9(7-11)10-4-2-6-12(14)8-10/h1-5,7-8,12H,6H2. The molecule has 1 aromatic rings. The van der Waals surface area contributed by atoms with Crippen LogP contribution in [0.5, 0.6) is 0 Å². The van der Waals surface area contributed by atoms with Gasteiger partial charge in [-0.2, -0.15) is 0 Å². The van der Waals surface area contributed by atoms with Crippen molar-refractivity contribution < 1.29 is 0 Å². The summed E-state index contributed by atoms with van der Waals surface area (Å²) in [6.45, 7) is 0. The maximum atomic E-state index is 3.61. The second-order valence-electron chi connectivity index (χ2n) is 3.29. The fraction of sp³-hybridized carbons (Fsp3) is 0.167. The Labute approximate surface area is 101 Å². The zero-order valence-corrected chi connectivity index (χ0v) is 10.8. The first-order valence-corrected chi connectivity index (χ1v) is 6.25. The molecule has 0 fully saturated rings. The summed E-state index contributed by atoms with van der Waals surface area (Å²) in [4.78, 5) is 0.474. The van der Waals surface area contributed by atoms with E-state index in [1.54, 1.807) is 0 Å². The van der Waals surface area contributed by atoms with E-state index in [0.29, 0.717) is 4.83 Å². The predicted octanol–water partition coefficient (Wildman–Crippen LogP) is 4.56. The van der Waals surface area contributed by atoms with Crippen LogP contribution in [0.25, 0.3) is 5.57 Å². The van der Waals surface area contributed by atoms with Crippen molar-refractivity contribution in [2.45, 2.75) is 11.2 Å². The molecule has 0 bridgehead atoms. The molecule has 1 aliphatic rings. The van der Waals surface area contributed by atoms with Gasteiger partial charge in [-0.05, 0) is 29.7 Å². The number of rotatable bonds is 1. The first-order valence-electron chi connectivity index (χ1n) is 4.54. The average molecular weight is 314 g/mol. The maximum absolute atomic E-state index is 3.61. The molecule has 14 heavy (non-hydrogen) atoms. The van der Waals surface area contributed by atoms with Crippen molar-refractivity contribution in [2.75, 3.05) is 0 Å². The largest absolute Gasteiger partial charge is 0.0842 e. The first-order chi connectivity index (χ1) is 6.75. The number of alkyl halides is 1. The van der Waals surface area contributed by atoms with Crippen LogP contribution in [-0.2, 0) is 0 Å². The smallest absolute Gasteiger partial charge is 0.0368 e. The monoisotopic (exact) mass is 312 g/mol. The number of allylic oxidation sites excluding steroid dienone is 4. The summed E-state index contributed by atoms with van der Waals surface area (Å²) in [6.07, 6.45) is 7.72.